The van der Waals surface area contributed by atoms with Crippen molar-refractivity contribution in [2.45, 2.75) is 20.0 Å². The van der Waals surface area contributed by atoms with Crippen LogP contribution in [0.1, 0.15) is 11.1 Å². The van der Waals surface area contributed by atoms with Crippen LogP contribution in [0, 0.1) is 6.92 Å². The molecule has 1 heterocycles. The molecule has 0 fully saturated rings. The first-order valence-corrected chi connectivity index (χ1v) is 7.47. The Bertz CT molecular complexity index is 822. The predicted molar refractivity (Wildman–Crippen MR) is 89.3 cm³/mol. The van der Waals surface area contributed by atoms with Crippen molar-refractivity contribution >= 4 is 16.8 Å². The van der Waals surface area contributed by atoms with Crippen molar-refractivity contribution < 1.29 is 9.53 Å². The van der Waals surface area contributed by atoms with Gasteiger partial charge in [-0.1, -0.05) is 24.3 Å². The summed E-state index contributed by atoms with van der Waals surface area (Å²) < 4.78 is 6.84. The topological polar surface area (TPSA) is 56.1 Å². The van der Waals surface area contributed by atoms with Gasteiger partial charge in [0.15, 0.2) is 0 Å². The first-order chi connectivity index (χ1) is 11.2. The fraction of sp³-hybridized carbons (Fsp3) is 0.222. The number of rotatable bonds is 5. The molecule has 1 aromatic heterocycles. The number of nitrogens with one attached hydrogen (secondary N) is 1. The summed E-state index contributed by atoms with van der Waals surface area (Å²) >= 11 is 0. The zero-order valence-electron chi connectivity index (χ0n) is 13.2. The van der Waals surface area contributed by atoms with E-state index < -0.39 is 0 Å². The Morgan fingerprint density at radius 3 is 2.74 bits per heavy atom. The number of methoxy groups -OCH3 is 1. The van der Waals surface area contributed by atoms with Crippen molar-refractivity contribution in [3.8, 4) is 5.75 Å². The number of hydrogen-bond acceptors (Lipinski definition) is 3. The number of aryl methyl sites for hydroxylation is 1. The van der Waals surface area contributed by atoms with Crippen LogP contribution in [0.3, 0.4) is 0 Å². The van der Waals surface area contributed by atoms with Crippen LogP contribution in [-0.2, 0) is 17.9 Å². The minimum Gasteiger partial charge on any atom is -0.497 e. The molecule has 2 aromatic carbocycles. The summed E-state index contributed by atoms with van der Waals surface area (Å²) in [7, 11) is 1.63. The maximum atomic E-state index is 12.1. The van der Waals surface area contributed by atoms with Gasteiger partial charge in [-0.3, -0.25) is 9.48 Å². The Morgan fingerprint density at radius 1 is 1.22 bits per heavy atom. The van der Waals surface area contributed by atoms with Gasteiger partial charge in [0, 0.05) is 11.9 Å². The second-order valence-electron chi connectivity index (χ2n) is 5.49. The maximum absolute atomic E-state index is 12.1. The van der Waals surface area contributed by atoms with E-state index in [1.54, 1.807) is 18.0 Å². The van der Waals surface area contributed by atoms with Crippen molar-refractivity contribution in [1.82, 2.24) is 15.1 Å². The molecule has 23 heavy (non-hydrogen) atoms. The van der Waals surface area contributed by atoms with Crippen LogP contribution in [-0.4, -0.2) is 22.8 Å². The largest absolute Gasteiger partial charge is 0.497 e. The highest BCUT2D eigenvalue weighted by Crippen LogP contribution is 2.15. The lowest BCUT2D eigenvalue weighted by Crippen LogP contribution is -2.27. The summed E-state index contributed by atoms with van der Waals surface area (Å²) in [5, 5.41) is 8.25. The summed E-state index contributed by atoms with van der Waals surface area (Å²) in [6, 6.07) is 13.7. The molecule has 0 unspecified atom stereocenters. The minimum absolute atomic E-state index is 0.0627. The van der Waals surface area contributed by atoms with Crippen molar-refractivity contribution in [2.24, 2.45) is 0 Å². The summed E-state index contributed by atoms with van der Waals surface area (Å²) in [6.07, 6.45) is 1.78. The molecule has 0 aliphatic rings. The molecule has 0 bridgehead atoms. The van der Waals surface area contributed by atoms with E-state index in [2.05, 4.69) is 10.4 Å². The quantitative estimate of drug-likeness (QED) is 0.788. The van der Waals surface area contributed by atoms with Gasteiger partial charge < -0.3 is 10.1 Å². The molecule has 1 N–H and O–H groups in total. The molecule has 0 spiro atoms. The lowest BCUT2D eigenvalue weighted by atomic mass is 10.2. The zero-order valence-corrected chi connectivity index (χ0v) is 13.2. The van der Waals surface area contributed by atoms with Gasteiger partial charge in [0.05, 0.1) is 18.8 Å². The van der Waals surface area contributed by atoms with Gasteiger partial charge in [0.25, 0.3) is 0 Å². The van der Waals surface area contributed by atoms with Crippen LogP contribution in [0.2, 0.25) is 0 Å². The van der Waals surface area contributed by atoms with Crippen molar-refractivity contribution in [3.05, 3.63) is 59.8 Å². The average molecular weight is 309 g/mol. The molecule has 0 radical (unpaired) electrons. The predicted octanol–water partition coefficient (Wildman–Crippen LogP) is 2.67. The summed E-state index contributed by atoms with van der Waals surface area (Å²) in [5.74, 6) is 0.741. The molecule has 0 aliphatic carbocycles. The Morgan fingerprint density at radius 2 is 2.00 bits per heavy atom. The van der Waals surface area contributed by atoms with Crippen LogP contribution in [0.15, 0.2) is 48.7 Å². The lowest BCUT2D eigenvalue weighted by molar-refractivity contribution is -0.121. The Hall–Kier alpha value is -2.82. The van der Waals surface area contributed by atoms with E-state index in [-0.39, 0.29) is 12.5 Å². The van der Waals surface area contributed by atoms with Crippen molar-refractivity contribution in [3.63, 3.8) is 0 Å². The third-order valence-corrected chi connectivity index (χ3v) is 3.74. The van der Waals surface area contributed by atoms with Crippen LogP contribution in [0.25, 0.3) is 10.9 Å². The van der Waals surface area contributed by atoms with Crippen molar-refractivity contribution in [1.29, 1.82) is 0 Å². The normalized spacial score (nSPS) is 10.7. The SMILES string of the molecule is COc1ccc(CNC(=O)Cn2ncc3ccc(C)cc32)cc1. The average Bonchev–Trinajstić information content (AvgIpc) is 2.95. The molecule has 1 amide bonds. The van der Waals surface area contributed by atoms with Gasteiger partial charge in [-0.2, -0.15) is 5.10 Å². The molecule has 5 nitrogen and oxygen atoms in total. The molecule has 0 atom stereocenters. The van der Waals surface area contributed by atoms with Gasteiger partial charge in [-0.15, -0.1) is 0 Å². The highest BCUT2D eigenvalue weighted by atomic mass is 16.5. The molecule has 3 rings (SSSR count). The van der Waals surface area contributed by atoms with Crippen LogP contribution in [0.4, 0.5) is 0 Å². The molecule has 5 heteroatoms. The maximum Gasteiger partial charge on any atom is 0.242 e. The fourth-order valence-electron chi connectivity index (χ4n) is 2.44. The van der Waals surface area contributed by atoms with E-state index in [0.717, 1.165) is 27.8 Å². The number of fused-ring (bicyclic) bond motifs is 1. The highest BCUT2D eigenvalue weighted by molar-refractivity contribution is 5.82. The van der Waals surface area contributed by atoms with Gasteiger partial charge in [-0.05, 0) is 36.2 Å². The Kier molecular flexibility index (Phi) is 4.28. The summed E-state index contributed by atoms with van der Waals surface area (Å²) in [4.78, 5) is 12.1. The van der Waals surface area contributed by atoms with Gasteiger partial charge >= 0.3 is 0 Å². The second kappa shape index (κ2) is 6.52. The molecule has 0 aliphatic heterocycles. The number of benzene rings is 2. The monoisotopic (exact) mass is 309 g/mol. The molecule has 0 saturated carbocycles. The van der Waals surface area contributed by atoms with E-state index in [0.29, 0.717) is 6.54 Å². The van der Waals surface area contributed by atoms with E-state index in [9.17, 15) is 4.79 Å². The molecular formula is C18H19N3O2. The van der Waals surface area contributed by atoms with Gasteiger partial charge in [0.2, 0.25) is 5.91 Å². The Balaban J connectivity index is 1.63. The lowest BCUT2D eigenvalue weighted by Gasteiger charge is -2.07. The molecule has 118 valence electrons. The molecule has 0 saturated heterocycles. The first-order valence-electron chi connectivity index (χ1n) is 7.47. The van der Waals surface area contributed by atoms with E-state index in [1.165, 1.54) is 0 Å². The number of carbonyl (C=O) groups excluding carboxylic acids is 1. The van der Waals surface area contributed by atoms with Gasteiger partial charge in [-0.25, -0.2) is 0 Å². The highest BCUT2D eigenvalue weighted by Gasteiger charge is 2.08. The van der Waals surface area contributed by atoms with Crippen molar-refractivity contribution in [2.75, 3.05) is 7.11 Å². The molecule has 3 aromatic rings. The number of aromatic nitrogens is 2. The van der Waals surface area contributed by atoms with E-state index in [1.807, 2.05) is 49.4 Å². The third kappa shape index (κ3) is 3.51. The summed E-state index contributed by atoms with van der Waals surface area (Å²) in [6.45, 7) is 2.73. The number of ether oxygens (including phenoxy) is 1. The van der Waals surface area contributed by atoms with Crippen LogP contribution in [0.5, 0.6) is 5.75 Å². The van der Waals surface area contributed by atoms with Crippen LogP contribution >= 0.6 is 0 Å². The number of nitrogens with zero attached hydrogens (tertiary/aromatic N) is 2. The minimum atomic E-state index is -0.0627. The number of hydrogen-bond donors (Lipinski definition) is 1. The standard InChI is InChI=1S/C18H19N3O2/c1-13-3-6-15-11-20-21(17(15)9-13)12-18(22)19-10-14-4-7-16(23-2)8-5-14/h3-9,11H,10,12H2,1-2H3,(H,19,22). The first kappa shape index (κ1) is 15.1. The van der Waals surface area contributed by atoms with Crippen LogP contribution < -0.4 is 10.1 Å². The third-order valence-electron chi connectivity index (χ3n) is 3.74. The fourth-order valence-corrected chi connectivity index (χ4v) is 2.44. The van der Waals surface area contributed by atoms with E-state index >= 15 is 0 Å². The Labute approximate surface area is 134 Å². The summed E-state index contributed by atoms with van der Waals surface area (Å²) in [5.41, 5.74) is 3.16. The zero-order chi connectivity index (χ0) is 16.2. The molecular weight excluding hydrogens is 290 g/mol. The number of carbonyl (C=O) groups is 1. The van der Waals surface area contributed by atoms with E-state index in [4.69, 9.17) is 4.74 Å². The second-order valence-corrected chi connectivity index (χ2v) is 5.49. The number of amides is 1. The smallest absolute Gasteiger partial charge is 0.242 e. The van der Waals surface area contributed by atoms with Gasteiger partial charge in [0.1, 0.15) is 12.3 Å².